The summed E-state index contributed by atoms with van der Waals surface area (Å²) in [6.45, 7) is 5.46. The molecule has 0 saturated heterocycles. The summed E-state index contributed by atoms with van der Waals surface area (Å²) in [5.74, 6) is 2.15. The van der Waals surface area contributed by atoms with Gasteiger partial charge in [-0.05, 0) is 49.7 Å². The molecule has 0 bridgehead atoms. The van der Waals surface area contributed by atoms with Crippen molar-refractivity contribution >= 4 is 0 Å². The van der Waals surface area contributed by atoms with Crippen LogP contribution in [0.15, 0.2) is 36.2 Å². The third-order valence-corrected chi connectivity index (χ3v) is 3.88. The molecule has 1 aliphatic heterocycles. The molecular formula is C16H24N2. The molecule has 1 heterocycles. The zero-order valence-corrected chi connectivity index (χ0v) is 11.4. The predicted molar refractivity (Wildman–Crippen MR) is 77.2 cm³/mol. The molecule has 0 fully saturated rings. The van der Waals surface area contributed by atoms with Gasteiger partial charge in [-0.2, -0.15) is 0 Å². The van der Waals surface area contributed by atoms with E-state index in [9.17, 15) is 0 Å². The van der Waals surface area contributed by atoms with Gasteiger partial charge in [0.05, 0.1) is 5.82 Å². The molecule has 18 heavy (non-hydrogen) atoms. The van der Waals surface area contributed by atoms with Crippen molar-refractivity contribution in [2.24, 2.45) is 11.7 Å². The van der Waals surface area contributed by atoms with Crippen molar-refractivity contribution in [1.29, 1.82) is 0 Å². The number of benzene rings is 1. The summed E-state index contributed by atoms with van der Waals surface area (Å²) in [5.41, 5.74) is 8.59. The lowest BCUT2D eigenvalue weighted by atomic mass is 9.88. The average molecular weight is 244 g/mol. The van der Waals surface area contributed by atoms with E-state index in [4.69, 9.17) is 5.73 Å². The van der Waals surface area contributed by atoms with Gasteiger partial charge in [0.2, 0.25) is 0 Å². The Morgan fingerprint density at radius 1 is 1.44 bits per heavy atom. The van der Waals surface area contributed by atoms with E-state index in [1.807, 2.05) is 0 Å². The molecule has 3 N–H and O–H groups in total. The lowest BCUT2D eigenvalue weighted by Crippen LogP contribution is -2.16. The van der Waals surface area contributed by atoms with E-state index in [1.54, 1.807) is 0 Å². The van der Waals surface area contributed by atoms with Crippen LogP contribution in [0.5, 0.6) is 0 Å². The highest BCUT2D eigenvalue weighted by atomic mass is 15.0. The Bertz CT molecular complexity index is 423. The lowest BCUT2D eigenvalue weighted by molar-refractivity contribution is 0.502. The Morgan fingerprint density at radius 2 is 2.28 bits per heavy atom. The minimum atomic E-state index is 0.615. The number of rotatable bonds is 5. The maximum atomic E-state index is 5.74. The van der Waals surface area contributed by atoms with Crippen molar-refractivity contribution in [2.45, 2.75) is 39.0 Å². The lowest BCUT2D eigenvalue weighted by Gasteiger charge is -2.17. The quantitative estimate of drug-likeness (QED) is 0.834. The maximum absolute atomic E-state index is 5.74. The molecule has 0 saturated carbocycles. The standard InChI is InChI=1S/C16H24N2/c1-3-14(15-6-4-5-12(2)9-15)8-7-13-10-16(17)18-11-13/h4-6,9-10,13-14,18H,3,7-8,11,17H2,1-2H3/t13-,14?/m0/s1. The van der Waals surface area contributed by atoms with Crippen molar-refractivity contribution in [3.63, 3.8) is 0 Å². The molecule has 1 aliphatic rings. The van der Waals surface area contributed by atoms with Gasteiger partial charge in [-0.1, -0.05) is 36.8 Å². The Morgan fingerprint density at radius 3 is 2.89 bits per heavy atom. The predicted octanol–water partition coefficient (Wildman–Crippen LogP) is 3.29. The summed E-state index contributed by atoms with van der Waals surface area (Å²) in [5, 5.41) is 3.20. The third-order valence-electron chi connectivity index (χ3n) is 3.88. The zero-order valence-electron chi connectivity index (χ0n) is 11.4. The van der Waals surface area contributed by atoms with Gasteiger partial charge in [-0.3, -0.25) is 0 Å². The Balaban J connectivity index is 1.93. The minimum Gasteiger partial charge on any atom is -0.386 e. The molecule has 1 aromatic rings. The van der Waals surface area contributed by atoms with Crippen LogP contribution in [0.1, 0.15) is 43.2 Å². The Kier molecular flexibility index (Phi) is 4.29. The van der Waals surface area contributed by atoms with Crippen LogP contribution in [0.3, 0.4) is 0 Å². The summed E-state index contributed by atoms with van der Waals surface area (Å²) in [4.78, 5) is 0. The van der Waals surface area contributed by atoms with Crippen molar-refractivity contribution in [1.82, 2.24) is 5.32 Å². The van der Waals surface area contributed by atoms with Crippen LogP contribution < -0.4 is 11.1 Å². The van der Waals surface area contributed by atoms with E-state index in [0.29, 0.717) is 11.8 Å². The van der Waals surface area contributed by atoms with Gasteiger partial charge >= 0.3 is 0 Å². The van der Waals surface area contributed by atoms with Crippen molar-refractivity contribution in [3.05, 3.63) is 47.3 Å². The van der Waals surface area contributed by atoms with Crippen LogP contribution in [0.25, 0.3) is 0 Å². The number of hydrogen-bond donors (Lipinski definition) is 2. The first-order valence-electron chi connectivity index (χ1n) is 6.96. The van der Waals surface area contributed by atoms with Gasteiger partial charge in [0.25, 0.3) is 0 Å². The van der Waals surface area contributed by atoms with Gasteiger partial charge in [0.1, 0.15) is 0 Å². The van der Waals surface area contributed by atoms with Crippen molar-refractivity contribution < 1.29 is 0 Å². The number of aryl methyl sites for hydroxylation is 1. The first-order chi connectivity index (χ1) is 8.69. The van der Waals surface area contributed by atoms with Crippen LogP contribution in [0.2, 0.25) is 0 Å². The summed E-state index contributed by atoms with van der Waals surface area (Å²) in [6.07, 6.45) is 5.85. The highest BCUT2D eigenvalue weighted by molar-refractivity contribution is 5.25. The first-order valence-corrected chi connectivity index (χ1v) is 6.96. The summed E-state index contributed by atoms with van der Waals surface area (Å²) in [6, 6.07) is 8.92. The van der Waals surface area contributed by atoms with Gasteiger partial charge in [-0.25, -0.2) is 0 Å². The summed E-state index contributed by atoms with van der Waals surface area (Å²) >= 11 is 0. The van der Waals surface area contributed by atoms with E-state index in [0.717, 1.165) is 12.4 Å². The van der Waals surface area contributed by atoms with Crippen molar-refractivity contribution in [2.75, 3.05) is 6.54 Å². The number of hydrogen-bond acceptors (Lipinski definition) is 2. The molecular weight excluding hydrogens is 220 g/mol. The second-order valence-electron chi connectivity index (χ2n) is 5.36. The van der Waals surface area contributed by atoms with Crippen LogP contribution >= 0.6 is 0 Å². The Hall–Kier alpha value is -1.44. The van der Waals surface area contributed by atoms with E-state index < -0.39 is 0 Å². The third kappa shape index (κ3) is 3.28. The van der Waals surface area contributed by atoms with Crippen LogP contribution in [0.4, 0.5) is 0 Å². The Labute approximate surface area is 110 Å². The number of nitrogens with two attached hydrogens (primary N) is 1. The molecule has 0 amide bonds. The molecule has 2 atom stereocenters. The van der Waals surface area contributed by atoms with Gasteiger partial charge in [0, 0.05) is 6.54 Å². The molecule has 0 radical (unpaired) electrons. The molecule has 0 aromatic heterocycles. The fourth-order valence-corrected chi connectivity index (χ4v) is 2.75. The van der Waals surface area contributed by atoms with Crippen LogP contribution in [0, 0.1) is 12.8 Å². The van der Waals surface area contributed by atoms with E-state index >= 15 is 0 Å². The smallest absolute Gasteiger partial charge is 0.0922 e. The van der Waals surface area contributed by atoms with Crippen LogP contribution in [-0.2, 0) is 0 Å². The number of nitrogens with one attached hydrogen (secondary N) is 1. The van der Waals surface area contributed by atoms with E-state index in [1.165, 1.54) is 30.4 Å². The second-order valence-corrected chi connectivity index (χ2v) is 5.36. The first kappa shape index (κ1) is 13.0. The average Bonchev–Trinajstić information content (AvgIpc) is 2.76. The molecule has 2 rings (SSSR count). The SMILES string of the molecule is CCC(CC[C@H]1C=C(N)NC1)c1cccc(C)c1. The fourth-order valence-electron chi connectivity index (χ4n) is 2.75. The van der Waals surface area contributed by atoms with Gasteiger partial charge in [-0.15, -0.1) is 0 Å². The molecule has 2 heteroatoms. The molecule has 2 nitrogen and oxygen atoms in total. The zero-order chi connectivity index (χ0) is 13.0. The molecule has 98 valence electrons. The van der Waals surface area contributed by atoms with Crippen molar-refractivity contribution in [3.8, 4) is 0 Å². The second kappa shape index (κ2) is 5.94. The van der Waals surface area contributed by atoms with E-state index in [2.05, 4.69) is 49.5 Å². The normalized spacial score (nSPS) is 20.3. The summed E-state index contributed by atoms with van der Waals surface area (Å²) < 4.78 is 0. The molecule has 0 spiro atoms. The highest BCUT2D eigenvalue weighted by Crippen LogP contribution is 2.28. The molecule has 1 aromatic carbocycles. The topological polar surface area (TPSA) is 38.0 Å². The molecule has 1 unspecified atom stereocenters. The minimum absolute atomic E-state index is 0.615. The van der Waals surface area contributed by atoms with E-state index in [-0.39, 0.29) is 0 Å². The largest absolute Gasteiger partial charge is 0.386 e. The molecule has 0 aliphatic carbocycles. The summed E-state index contributed by atoms with van der Waals surface area (Å²) in [7, 11) is 0. The maximum Gasteiger partial charge on any atom is 0.0922 e. The fraction of sp³-hybridized carbons (Fsp3) is 0.500. The van der Waals surface area contributed by atoms with Gasteiger partial charge < -0.3 is 11.1 Å². The van der Waals surface area contributed by atoms with Crippen LogP contribution in [-0.4, -0.2) is 6.54 Å². The van der Waals surface area contributed by atoms with Gasteiger partial charge in [0.15, 0.2) is 0 Å². The monoisotopic (exact) mass is 244 g/mol. The highest BCUT2D eigenvalue weighted by Gasteiger charge is 2.16.